The first-order valence-electron chi connectivity index (χ1n) is 2.86. The van der Waals surface area contributed by atoms with Gasteiger partial charge in [-0.2, -0.15) is 3.71 Å². The Labute approximate surface area is 59.5 Å². The molecule has 1 nitrogen and oxygen atoms in total. The van der Waals surface area contributed by atoms with Crippen molar-refractivity contribution in [1.82, 2.24) is 3.71 Å². The molecule has 1 heterocycles. The Morgan fingerprint density at radius 1 is 1.25 bits per heavy atom. The average molecular weight is 149 g/mol. The lowest BCUT2D eigenvalue weighted by Gasteiger charge is -2.15. The summed E-state index contributed by atoms with van der Waals surface area (Å²) in [7, 11) is 0. The third-order valence-corrected chi connectivity index (χ3v) is 3.96. The van der Waals surface area contributed by atoms with Crippen LogP contribution in [0.3, 0.4) is 0 Å². The van der Waals surface area contributed by atoms with Crippen molar-refractivity contribution in [3.8, 4) is 0 Å². The monoisotopic (exact) mass is 149 g/mol. The zero-order valence-corrected chi connectivity index (χ0v) is 6.89. The van der Waals surface area contributed by atoms with Crippen LogP contribution in [-0.4, -0.2) is 21.3 Å². The molecule has 0 amide bonds. The maximum Gasteiger partial charge on any atom is 0.0258 e. The molecular formula is C5H11NS2. The van der Waals surface area contributed by atoms with Crippen molar-refractivity contribution in [2.75, 3.05) is 11.5 Å². The highest BCUT2D eigenvalue weighted by atomic mass is 32.2. The van der Waals surface area contributed by atoms with Crippen LogP contribution >= 0.6 is 23.9 Å². The van der Waals surface area contributed by atoms with Gasteiger partial charge in [-0.1, -0.05) is 23.9 Å². The molecule has 0 saturated carbocycles. The van der Waals surface area contributed by atoms with Gasteiger partial charge in [0.2, 0.25) is 0 Å². The summed E-state index contributed by atoms with van der Waals surface area (Å²) < 4.78 is 2.36. The maximum atomic E-state index is 2.36. The van der Waals surface area contributed by atoms with Gasteiger partial charge in [0.05, 0.1) is 0 Å². The molecular weight excluding hydrogens is 138 g/mol. The zero-order chi connectivity index (χ0) is 5.98. The van der Waals surface area contributed by atoms with E-state index in [9.17, 15) is 0 Å². The average Bonchev–Trinajstić information content (AvgIpc) is 2.12. The van der Waals surface area contributed by atoms with Crippen LogP contribution in [0.5, 0.6) is 0 Å². The van der Waals surface area contributed by atoms with E-state index in [0.717, 1.165) is 0 Å². The molecule has 0 bridgehead atoms. The summed E-state index contributed by atoms with van der Waals surface area (Å²) in [6.45, 7) is 4.46. The highest BCUT2D eigenvalue weighted by Gasteiger charge is 2.15. The first-order valence-corrected chi connectivity index (χ1v) is 4.74. The van der Waals surface area contributed by atoms with Gasteiger partial charge in [-0.25, -0.2) is 0 Å². The summed E-state index contributed by atoms with van der Waals surface area (Å²) in [5.74, 6) is 2.59. The van der Waals surface area contributed by atoms with Crippen LogP contribution in [0.15, 0.2) is 0 Å². The fourth-order valence-electron chi connectivity index (χ4n) is 0.590. The van der Waals surface area contributed by atoms with E-state index in [1.165, 1.54) is 11.5 Å². The highest BCUT2D eigenvalue weighted by Crippen LogP contribution is 2.31. The van der Waals surface area contributed by atoms with Crippen LogP contribution in [0.25, 0.3) is 0 Å². The van der Waals surface area contributed by atoms with Crippen molar-refractivity contribution >= 4 is 23.9 Å². The van der Waals surface area contributed by atoms with Gasteiger partial charge in [-0.15, -0.1) is 0 Å². The number of nitrogens with zero attached hydrogens (tertiary/aromatic N) is 1. The molecule has 0 aromatic rings. The third kappa shape index (κ3) is 1.57. The second kappa shape index (κ2) is 2.99. The molecule has 0 atom stereocenters. The largest absolute Gasteiger partial charge is 0.192 e. The molecule has 0 aliphatic carbocycles. The molecule has 1 aliphatic rings. The van der Waals surface area contributed by atoms with Crippen LogP contribution in [0.1, 0.15) is 13.8 Å². The molecule has 1 rings (SSSR count). The first kappa shape index (κ1) is 6.78. The maximum absolute atomic E-state index is 2.36. The summed E-state index contributed by atoms with van der Waals surface area (Å²) >= 11 is 3.89. The number of hydrogen-bond acceptors (Lipinski definition) is 3. The predicted octanol–water partition coefficient (Wildman–Crippen LogP) is 2.01. The van der Waals surface area contributed by atoms with Gasteiger partial charge in [0.1, 0.15) is 0 Å². The van der Waals surface area contributed by atoms with Gasteiger partial charge in [0, 0.05) is 17.5 Å². The Morgan fingerprint density at radius 2 is 1.75 bits per heavy atom. The first-order chi connectivity index (χ1) is 3.80. The van der Waals surface area contributed by atoms with Gasteiger partial charge in [0.15, 0.2) is 0 Å². The second-order valence-electron chi connectivity index (χ2n) is 2.05. The van der Waals surface area contributed by atoms with Crippen LogP contribution in [0, 0.1) is 0 Å². The highest BCUT2D eigenvalue weighted by molar-refractivity contribution is 8.15. The van der Waals surface area contributed by atoms with Crippen molar-refractivity contribution in [2.45, 2.75) is 19.9 Å². The van der Waals surface area contributed by atoms with E-state index in [2.05, 4.69) is 17.6 Å². The molecule has 1 aliphatic heterocycles. The minimum atomic E-state index is 0.701. The Kier molecular flexibility index (Phi) is 2.53. The normalized spacial score (nSPS) is 22.9. The van der Waals surface area contributed by atoms with Crippen molar-refractivity contribution in [3.63, 3.8) is 0 Å². The van der Waals surface area contributed by atoms with Gasteiger partial charge in [-0.3, -0.25) is 0 Å². The van der Waals surface area contributed by atoms with E-state index < -0.39 is 0 Å². The SMILES string of the molecule is CC(C)N1SCCS1. The van der Waals surface area contributed by atoms with Crippen LogP contribution in [-0.2, 0) is 0 Å². The predicted molar refractivity (Wildman–Crippen MR) is 41.9 cm³/mol. The lowest BCUT2D eigenvalue weighted by atomic mass is 10.4. The van der Waals surface area contributed by atoms with Crippen LogP contribution in [0.4, 0.5) is 0 Å². The van der Waals surface area contributed by atoms with E-state index >= 15 is 0 Å². The quantitative estimate of drug-likeness (QED) is 0.525. The standard InChI is InChI=1S/C5H11NS2/c1-5(2)6-7-3-4-8-6/h5H,3-4H2,1-2H3. The summed E-state index contributed by atoms with van der Waals surface area (Å²) in [4.78, 5) is 0. The lowest BCUT2D eigenvalue weighted by molar-refractivity contribution is 0.607. The third-order valence-electron chi connectivity index (χ3n) is 0.942. The molecule has 0 unspecified atom stereocenters. The second-order valence-corrected chi connectivity index (χ2v) is 4.40. The fraction of sp³-hybridized carbons (Fsp3) is 1.00. The fourth-order valence-corrected chi connectivity index (χ4v) is 2.89. The molecule has 1 saturated heterocycles. The van der Waals surface area contributed by atoms with E-state index in [4.69, 9.17) is 0 Å². The lowest BCUT2D eigenvalue weighted by Crippen LogP contribution is -2.12. The summed E-state index contributed by atoms with van der Waals surface area (Å²) in [6, 6.07) is 0.701. The van der Waals surface area contributed by atoms with Gasteiger partial charge >= 0.3 is 0 Å². The minimum absolute atomic E-state index is 0.701. The van der Waals surface area contributed by atoms with Crippen molar-refractivity contribution < 1.29 is 0 Å². The van der Waals surface area contributed by atoms with E-state index in [-0.39, 0.29) is 0 Å². The summed E-state index contributed by atoms with van der Waals surface area (Å²) in [5.41, 5.74) is 0. The van der Waals surface area contributed by atoms with Gasteiger partial charge in [-0.05, 0) is 13.8 Å². The zero-order valence-electron chi connectivity index (χ0n) is 5.26. The number of rotatable bonds is 1. The smallest absolute Gasteiger partial charge is 0.0258 e. The minimum Gasteiger partial charge on any atom is -0.192 e. The molecule has 0 aromatic heterocycles. The molecule has 48 valence electrons. The van der Waals surface area contributed by atoms with E-state index in [1.807, 2.05) is 23.9 Å². The summed E-state index contributed by atoms with van der Waals surface area (Å²) in [5, 5.41) is 0. The molecule has 0 radical (unpaired) electrons. The number of hydrogen-bond donors (Lipinski definition) is 0. The van der Waals surface area contributed by atoms with Crippen molar-refractivity contribution in [1.29, 1.82) is 0 Å². The Hall–Kier alpha value is 0.660. The Balaban J connectivity index is 2.24. The van der Waals surface area contributed by atoms with E-state index in [0.29, 0.717) is 6.04 Å². The molecule has 0 N–H and O–H groups in total. The molecule has 0 aromatic carbocycles. The topological polar surface area (TPSA) is 3.24 Å². The molecule has 8 heavy (non-hydrogen) atoms. The van der Waals surface area contributed by atoms with Gasteiger partial charge in [0.25, 0.3) is 0 Å². The summed E-state index contributed by atoms with van der Waals surface area (Å²) in [6.07, 6.45) is 0. The Morgan fingerprint density at radius 3 is 2.00 bits per heavy atom. The van der Waals surface area contributed by atoms with Crippen molar-refractivity contribution in [3.05, 3.63) is 0 Å². The Bertz CT molecular complexity index is 68.8. The molecule has 3 heteroatoms. The van der Waals surface area contributed by atoms with Crippen LogP contribution < -0.4 is 0 Å². The van der Waals surface area contributed by atoms with Gasteiger partial charge < -0.3 is 0 Å². The van der Waals surface area contributed by atoms with Crippen molar-refractivity contribution in [2.24, 2.45) is 0 Å². The molecule has 0 spiro atoms. The van der Waals surface area contributed by atoms with Crippen LogP contribution in [0.2, 0.25) is 0 Å². The molecule has 1 fully saturated rings. The van der Waals surface area contributed by atoms with E-state index in [1.54, 1.807) is 0 Å².